The van der Waals surface area contributed by atoms with E-state index in [2.05, 4.69) is 32.9 Å². The molecule has 1 aliphatic carbocycles. The molecule has 0 aromatic carbocycles. The predicted molar refractivity (Wildman–Crippen MR) is 135 cm³/mol. The SMILES string of the molecule is COC(=O)C1=C(C(=O)OC)CC(CC/C=C(\C)CCC=C(C)C)(c2cc(C(=O)OC)oc2OC)C=C1. The third-order valence-corrected chi connectivity index (χ3v) is 6.20. The van der Waals surface area contributed by atoms with Gasteiger partial charge in [0, 0.05) is 11.0 Å². The van der Waals surface area contributed by atoms with Gasteiger partial charge < -0.3 is 23.4 Å². The number of allylic oxidation sites excluding steroid dienone is 5. The summed E-state index contributed by atoms with van der Waals surface area (Å²) in [7, 11) is 5.21. The molecule has 0 saturated carbocycles. The molecule has 36 heavy (non-hydrogen) atoms. The number of hydrogen-bond donors (Lipinski definition) is 0. The van der Waals surface area contributed by atoms with Crippen molar-refractivity contribution in [3.8, 4) is 5.95 Å². The summed E-state index contributed by atoms with van der Waals surface area (Å²) >= 11 is 0. The van der Waals surface area contributed by atoms with E-state index in [9.17, 15) is 14.4 Å². The van der Waals surface area contributed by atoms with Crippen molar-refractivity contribution in [1.29, 1.82) is 0 Å². The van der Waals surface area contributed by atoms with Crippen LogP contribution in [-0.2, 0) is 29.2 Å². The zero-order chi connectivity index (χ0) is 26.9. The molecule has 1 aromatic heterocycles. The fraction of sp³-hybridized carbons (Fsp3) is 0.464. The summed E-state index contributed by atoms with van der Waals surface area (Å²) in [5.74, 6) is -1.80. The van der Waals surface area contributed by atoms with E-state index >= 15 is 0 Å². The van der Waals surface area contributed by atoms with Crippen LogP contribution < -0.4 is 4.74 Å². The molecule has 0 aliphatic heterocycles. The Bertz CT molecular complexity index is 1090. The van der Waals surface area contributed by atoms with Crippen LogP contribution in [0.3, 0.4) is 0 Å². The highest BCUT2D eigenvalue weighted by molar-refractivity contribution is 6.03. The lowest BCUT2D eigenvalue weighted by molar-refractivity contribution is -0.139. The van der Waals surface area contributed by atoms with Crippen molar-refractivity contribution in [3.63, 3.8) is 0 Å². The van der Waals surface area contributed by atoms with E-state index in [1.165, 1.54) is 39.6 Å². The number of methoxy groups -OCH3 is 4. The smallest absolute Gasteiger partial charge is 0.374 e. The van der Waals surface area contributed by atoms with Crippen LogP contribution in [0, 0.1) is 0 Å². The quantitative estimate of drug-likeness (QED) is 0.226. The lowest BCUT2D eigenvalue weighted by Gasteiger charge is -2.34. The van der Waals surface area contributed by atoms with Crippen molar-refractivity contribution in [2.24, 2.45) is 0 Å². The van der Waals surface area contributed by atoms with Crippen molar-refractivity contribution < 1.29 is 37.7 Å². The highest BCUT2D eigenvalue weighted by atomic mass is 16.6. The summed E-state index contributed by atoms with van der Waals surface area (Å²) < 4.78 is 25.8. The monoisotopic (exact) mass is 500 g/mol. The normalized spacial score (nSPS) is 17.5. The van der Waals surface area contributed by atoms with Gasteiger partial charge in [0.15, 0.2) is 0 Å². The van der Waals surface area contributed by atoms with E-state index in [0.717, 1.165) is 12.8 Å². The second-order valence-corrected chi connectivity index (χ2v) is 8.96. The van der Waals surface area contributed by atoms with Gasteiger partial charge in [-0.2, -0.15) is 0 Å². The van der Waals surface area contributed by atoms with Gasteiger partial charge in [0.25, 0.3) is 5.95 Å². The number of hydrogen-bond acceptors (Lipinski definition) is 8. The summed E-state index contributed by atoms with van der Waals surface area (Å²) in [6, 6.07) is 1.57. The molecule has 8 nitrogen and oxygen atoms in total. The first-order valence-electron chi connectivity index (χ1n) is 11.8. The molecular formula is C28H36O8. The largest absolute Gasteiger partial charge is 0.468 e. The predicted octanol–water partition coefficient (Wildman–Crippen LogP) is 5.39. The summed E-state index contributed by atoms with van der Waals surface area (Å²) in [4.78, 5) is 37.3. The van der Waals surface area contributed by atoms with Crippen molar-refractivity contribution >= 4 is 17.9 Å². The van der Waals surface area contributed by atoms with Crippen molar-refractivity contribution in [2.45, 2.75) is 58.3 Å². The molecule has 0 saturated heterocycles. The van der Waals surface area contributed by atoms with E-state index in [4.69, 9.17) is 23.4 Å². The lowest BCUT2D eigenvalue weighted by atomic mass is 9.69. The fourth-order valence-corrected chi connectivity index (χ4v) is 4.25. The zero-order valence-electron chi connectivity index (χ0n) is 22.2. The second kappa shape index (κ2) is 13.0. The number of ether oxygens (including phenoxy) is 4. The van der Waals surface area contributed by atoms with Crippen LogP contribution in [0.4, 0.5) is 0 Å². The number of carbonyl (C=O) groups excluding carboxylic acids is 3. The van der Waals surface area contributed by atoms with Gasteiger partial charge in [-0.05, 0) is 58.9 Å². The third-order valence-electron chi connectivity index (χ3n) is 6.20. The van der Waals surface area contributed by atoms with Crippen LogP contribution in [0.1, 0.15) is 69.0 Å². The average Bonchev–Trinajstić information content (AvgIpc) is 3.32. The average molecular weight is 501 g/mol. The van der Waals surface area contributed by atoms with E-state index in [1.54, 1.807) is 12.1 Å². The van der Waals surface area contributed by atoms with Gasteiger partial charge in [-0.15, -0.1) is 0 Å². The Kier molecular flexibility index (Phi) is 10.3. The maximum absolute atomic E-state index is 12.7. The van der Waals surface area contributed by atoms with E-state index in [-0.39, 0.29) is 29.3 Å². The Morgan fingerprint density at radius 3 is 2.19 bits per heavy atom. The van der Waals surface area contributed by atoms with E-state index < -0.39 is 23.3 Å². The minimum Gasteiger partial charge on any atom is -0.468 e. The maximum atomic E-state index is 12.7. The lowest BCUT2D eigenvalue weighted by Crippen LogP contribution is -2.31. The van der Waals surface area contributed by atoms with Gasteiger partial charge in [0.2, 0.25) is 5.76 Å². The van der Waals surface area contributed by atoms with E-state index in [0.29, 0.717) is 18.4 Å². The van der Waals surface area contributed by atoms with Crippen LogP contribution in [0.2, 0.25) is 0 Å². The molecule has 1 aromatic rings. The molecular weight excluding hydrogens is 464 g/mol. The van der Waals surface area contributed by atoms with Crippen LogP contribution in [0.5, 0.6) is 5.95 Å². The molecule has 0 amide bonds. The molecule has 0 bridgehead atoms. The third kappa shape index (κ3) is 6.77. The highest BCUT2D eigenvalue weighted by Crippen LogP contribution is 2.47. The molecule has 1 atom stereocenters. The Morgan fingerprint density at radius 1 is 0.944 bits per heavy atom. The molecule has 1 aliphatic rings. The Morgan fingerprint density at radius 2 is 1.61 bits per heavy atom. The number of carbonyl (C=O) groups is 3. The molecule has 0 N–H and O–H groups in total. The summed E-state index contributed by atoms with van der Waals surface area (Å²) in [5.41, 5.74) is 2.59. The number of esters is 3. The molecule has 0 radical (unpaired) electrons. The van der Waals surface area contributed by atoms with Gasteiger partial charge in [0.1, 0.15) is 0 Å². The van der Waals surface area contributed by atoms with Crippen LogP contribution in [0.15, 0.2) is 57.1 Å². The minimum atomic E-state index is -0.821. The maximum Gasteiger partial charge on any atom is 0.374 e. The zero-order valence-corrected chi connectivity index (χ0v) is 22.2. The van der Waals surface area contributed by atoms with E-state index in [1.807, 2.05) is 6.08 Å². The first-order chi connectivity index (χ1) is 17.1. The van der Waals surface area contributed by atoms with Crippen molar-refractivity contribution in [2.75, 3.05) is 28.4 Å². The van der Waals surface area contributed by atoms with Gasteiger partial charge in [-0.3, -0.25) is 0 Å². The van der Waals surface area contributed by atoms with Gasteiger partial charge in [-0.1, -0.05) is 35.5 Å². The molecule has 196 valence electrons. The fourth-order valence-electron chi connectivity index (χ4n) is 4.25. The van der Waals surface area contributed by atoms with Crippen molar-refractivity contribution in [1.82, 2.24) is 0 Å². The summed E-state index contributed by atoms with van der Waals surface area (Å²) in [6.45, 7) is 6.24. The molecule has 2 rings (SSSR count). The van der Waals surface area contributed by atoms with Crippen LogP contribution in [-0.4, -0.2) is 46.3 Å². The Labute approximate surface area is 212 Å². The molecule has 0 spiro atoms. The molecule has 0 fully saturated rings. The summed E-state index contributed by atoms with van der Waals surface area (Å²) in [5, 5.41) is 0. The number of rotatable bonds is 11. The Balaban J connectivity index is 2.53. The van der Waals surface area contributed by atoms with Crippen molar-refractivity contribution in [3.05, 3.63) is 64.0 Å². The molecule has 1 unspecified atom stereocenters. The first kappa shape index (κ1) is 28.7. The van der Waals surface area contributed by atoms with Crippen LogP contribution in [0.25, 0.3) is 0 Å². The topological polar surface area (TPSA) is 101 Å². The van der Waals surface area contributed by atoms with Gasteiger partial charge in [-0.25, -0.2) is 14.4 Å². The van der Waals surface area contributed by atoms with Crippen LogP contribution >= 0.6 is 0 Å². The van der Waals surface area contributed by atoms with Gasteiger partial charge in [0.05, 0.1) is 39.6 Å². The second-order valence-electron chi connectivity index (χ2n) is 8.96. The minimum absolute atomic E-state index is 0.0204. The highest BCUT2D eigenvalue weighted by Gasteiger charge is 2.41. The molecule has 8 heteroatoms. The summed E-state index contributed by atoms with van der Waals surface area (Å²) in [6.07, 6.45) is 11.0. The van der Waals surface area contributed by atoms with Gasteiger partial charge >= 0.3 is 17.9 Å². The molecule has 1 heterocycles. The Hall–Kier alpha value is -3.55. The standard InChI is InChI=1S/C28H36O8/c1-18(2)10-8-11-19(3)12-9-14-28(22-16-23(26(31)34-6)36-27(22)35-7)15-13-20(24(29)32-4)21(17-28)25(30)33-5/h10,12-13,15-16H,8-9,11,14,17H2,1-7H3/b19-12+. The first-order valence-corrected chi connectivity index (χ1v) is 11.8. The number of furan rings is 1.